The van der Waals surface area contributed by atoms with Gasteiger partial charge in [-0.1, -0.05) is 77.2 Å². The fourth-order valence-electron chi connectivity index (χ4n) is 8.55. The second-order valence-corrected chi connectivity index (χ2v) is 29.7. The third-order valence-corrected chi connectivity index (χ3v) is 15.6. The van der Waals surface area contributed by atoms with E-state index in [9.17, 15) is 42.2 Å². The third-order valence-electron chi connectivity index (χ3n) is 12.9. The summed E-state index contributed by atoms with van der Waals surface area (Å²) >= 11 is 11.5. The number of aromatic nitrogens is 12. The number of carbonyl (C=O) groups is 4. The molecule has 3 unspecified atom stereocenters. The minimum Gasteiger partial charge on any atom is -0.479 e. The molecule has 36 heteroatoms. The molecule has 6 N–H and O–H groups in total. The van der Waals surface area contributed by atoms with Crippen LogP contribution in [-0.2, 0) is 32.9 Å². The molecule has 28 nitrogen and oxygen atoms in total. The van der Waals surface area contributed by atoms with Gasteiger partial charge < -0.3 is 59.3 Å². The summed E-state index contributed by atoms with van der Waals surface area (Å²) in [7, 11) is -4.53. The van der Waals surface area contributed by atoms with Gasteiger partial charge in [0, 0.05) is 16.7 Å². The maximum absolute atomic E-state index is 15.0. The summed E-state index contributed by atoms with van der Waals surface area (Å²) < 4.78 is 90.7. The molecule has 12 rings (SSSR count). The third kappa shape index (κ3) is 17.4. The van der Waals surface area contributed by atoms with E-state index >= 15 is 4.39 Å². The lowest BCUT2D eigenvalue weighted by Gasteiger charge is -2.17. The molecular weight excluding hydrogens is 1410 g/mol. The number of imidazole rings is 3. The Morgan fingerprint density at radius 1 is 0.598 bits per heavy atom. The van der Waals surface area contributed by atoms with E-state index in [2.05, 4.69) is 60.8 Å². The van der Waals surface area contributed by atoms with E-state index in [4.69, 9.17) is 52.4 Å². The van der Waals surface area contributed by atoms with E-state index in [1.165, 1.54) is 53.1 Å². The van der Waals surface area contributed by atoms with Crippen LogP contribution >= 0.6 is 60.1 Å². The highest BCUT2D eigenvalue weighted by atomic mass is 127. The number of aliphatic hydroxyl groups excluding tert-OH is 2. The van der Waals surface area contributed by atoms with Gasteiger partial charge in [0.1, 0.15) is 52.0 Å². The van der Waals surface area contributed by atoms with Crippen molar-refractivity contribution in [2.45, 2.75) is 59.6 Å². The van der Waals surface area contributed by atoms with Crippen LogP contribution in [0.2, 0.25) is 0 Å². The Hall–Kier alpha value is -7.91. The van der Waals surface area contributed by atoms with Gasteiger partial charge in [-0.15, -0.1) is 23.2 Å². The standard InChI is InChI=1S/C19H20FIN5O4P.C17H14FN5O5.C16H12FN5O2.C3H9O2P.CH2Cl2/c1-31(2,28)10-29-19-13(21)12(20)18(30-19)26-9-24-14-15(22-8-23-16(14)26)25-17(27)11-6-4-3-5-7-11;18-9-11(24)12(17(26)27)28-16(9)23-7-21-10-13(19-6-20-14(10)23)22-15(25)8-4-2-1-3-5-8;17-11-6-7-24-16(11)22-9-20-12-13(18-8-19-14(12)22)21-15(23)10-4-2-1-3-5-10;1-6(2,5)3-4;2-1-3/h3-9,12-13,18-19H,10H2,1-2H3,(H,22,23,25,27);1-7,9,11-12,16,24H,(H,26,27)(H,19,20,22,25);1-9,11,16H,(H,18,19,21,23);4H,3H2,1-2H3;1H2/t12?,13-,18+,19-;9?,11-,12-,16+;11?,16-;;/m001../s1. The van der Waals surface area contributed by atoms with E-state index in [0.717, 1.165) is 10.9 Å². The van der Waals surface area contributed by atoms with E-state index in [-0.39, 0.29) is 58.5 Å². The Bertz CT molecular complexity index is 4150. The number of fused-ring (bicyclic) bond motifs is 3. The first-order chi connectivity index (χ1) is 43.9. The number of anilines is 3. The number of carbonyl (C=O) groups excluding carboxylic acids is 3. The first kappa shape index (κ1) is 70.0. The van der Waals surface area contributed by atoms with Crippen molar-refractivity contribution >= 4 is 135 Å². The summed E-state index contributed by atoms with van der Waals surface area (Å²) in [4.78, 5) is 85.2. The zero-order chi connectivity index (χ0) is 66.4. The van der Waals surface area contributed by atoms with Crippen LogP contribution in [-0.4, -0.2) is 183 Å². The highest BCUT2D eigenvalue weighted by Gasteiger charge is 2.50. The van der Waals surface area contributed by atoms with Crippen LogP contribution in [0, 0.1) is 0 Å². The summed E-state index contributed by atoms with van der Waals surface area (Å²) in [5.41, 5.74) is 3.01. The number of nitrogens with zero attached hydrogens (tertiary/aromatic N) is 12. The van der Waals surface area contributed by atoms with Gasteiger partial charge in [0.25, 0.3) is 17.7 Å². The molecule has 0 radical (unpaired) electrons. The number of benzene rings is 3. The Morgan fingerprint density at radius 3 is 1.29 bits per heavy atom. The Labute approximate surface area is 544 Å². The Kier molecular flexibility index (Phi) is 24.0. The predicted molar refractivity (Wildman–Crippen MR) is 341 cm³/mol. The molecule has 6 aromatic heterocycles. The van der Waals surface area contributed by atoms with Crippen molar-refractivity contribution in [3.8, 4) is 0 Å². The van der Waals surface area contributed by atoms with Gasteiger partial charge in [-0.3, -0.25) is 28.1 Å². The minimum atomic E-state index is -2.44. The molecule has 0 bridgehead atoms. The van der Waals surface area contributed by atoms with Crippen LogP contribution in [0.4, 0.5) is 30.6 Å². The van der Waals surface area contributed by atoms with Gasteiger partial charge >= 0.3 is 5.97 Å². The molecule has 0 saturated carbocycles. The van der Waals surface area contributed by atoms with E-state index in [1.54, 1.807) is 106 Å². The van der Waals surface area contributed by atoms with E-state index in [1.807, 2.05) is 34.7 Å². The SMILES string of the molecule is CP(C)(=O)CO.CP(C)(=O)CO[C@H]1O[C@@H](n2cnc3c(NC(=O)c4ccccc4)ncnc32)C(F)[C@@H]1I.ClCCl.O=C(Nc1ncnc2c1ncn2[C@@H]1OC=CC1F)c1ccccc1.O=C(Nc1ncnc2c1ncn2[C@@H]1O[C@H](C(=O)O)[C@@H](O)C1F)c1ccccc1. The number of nitrogens with one attached hydrogen (secondary N) is 3. The normalized spacial score (nSPS) is 21.5. The van der Waals surface area contributed by atoms with Gasteiger partial charge in [-0.05, 0) is 69.1 Å². The highest BCUT2D eigenvalue weighted by molar-refractivity contribution is 14.1. The molecule has 9 aromatic rings. The first-order valence-electron chi connectivity index (χ1n) is 27.1. The Balaban J connectivity index is 0.000000167. The van der Waals surface area contributed by atoms with Gasteiger partial charge in [-0.2, -0.15) is 0 Å². The highest BCUT2D eigenvalue weighted by Crippen LogP contribution is 2.43. The molecule has 3 aliphatic rings. The van der Waals surface area contributed by atoms with Crippen molar-refractivity contribution in [2.24, 2.45) is 0 Å². The number of rotatable bonds is 14. The molecule has 0 aliphatic carbocycles. The predicted octanol–water partition coefficient (Wildman–Crippen LogP) is 8.87. The molecule has 3 aromatic carbocycles. The van der Waals surface area contributed by atoms with Crippen LogP contribution in [0.15, 0.2) is 141 Å². The zero-order valence-electron chi connectivity index (χ0n) is 48.6. The number of aliphatic hydroxyl groups is 2. The average molecular weight is 1460 g/mol. The minimum absolute atomic E-state index is 0.000873. The number of carboxylic acids is 1. The van der Waals surface area contributed by atoms with Gasteiger partial charge in [-0.25, -0.2) is 62.8 Å². The number of carboxylic acid groups (broad SMARTS) is 1. The lowest BCUT2D eigenvalue weighted by Crippen LogP contribution is -2.34. The quantitative estimate of drug-likeness (QED) is 0.0336. The fraction of sp³-hybridized carbons (Fsp3) is 0.304. The van der Waals surface area contributed by atoms with Crippen LogP contribution in [0.25, 0.3) is 33.5 Å². The second-order valence-electron chi connectivity index (χ2n) is 20.6. The smallest absolute Gasteiger partial charge is 0.335 e. The van der Waals surface area contributed by atoms with Crippen LogP contribution in [0.1, 0.15) is 49.8 Å². The van der Waals surface area contributed by atoms with Crippen LogP contribution < -0.4 is 16.0 Å². The summed E-state index contributed by atoms with van der Waals surface area (Å²) in [6, 6.07) is 25.9. The zero-order valence-corrected chi connectivity index (χ0v) is 54.1. The largest absolute Gasteiger partial charge is 0.479 e. The molecule has 9 heterocycles. The van der Waals surface area contributed by atoms with Gasteiger partial charge in [0.05, 0.1) is 34.5 Å². The average Bonchev–Trinajstić information content (AvgIpc) is 1.68. The molecular formula is C56H57Cl2F3IN15O13P2. The van der Waals surface area contributed by atoms with Crippen molar-refractivity contribution in [1.82, 2.24) is 58.6 Å². The Morgan fingerprint density at radius 2 is 0.967 bits per heavy atom. The molecule has 2 saturated heterocycles. The van der Waals surface area contributed by atoms with Crippen molar-refractivity contribution in [3.05, 3.63) is 158 Å². The molecule has 486 valence electrons. The van der Waals surface area contributed by atoms with E-state index in [0.29, 0.717) is 39.0 Å². The number of ether oxygens (including phenoxy) is 4. The van der Waals surface area contributed by atoms with Crippen LogP contribution in [0.3, 0.4) is 0 Å². The number of hydrogen-bond donors (Lipinski definition) is 6. The molecule has 2 fully saturated rings. The molecule has 10 atom stereocenters. The summed E-state index contributed by atoms with van der Waals surface area (Å²) in [5, 5.41) is 35.2. The van der Waals surface area contributed by atoms with E-state index < -0.39 is 85.8 Å². The van der Waals surface area contributed by atoms with Crippen molar-refractivity contribution in [1.29, 1.82) is 0 Å². The monoisotopic (exact) mass is 1460 g/mol. The molecule has 3 aliphatic heterocycles. The number of alkyl halides is 6. The first-order valence-corrected chi connectivity index (χ1v) is 35.0. The molecule has 3 amide bonds. The van der Waals surface area contributed by atoms with Crippen molar-refractivity contribution < 1.29 is 75.7 Å². The summed E-state index contributed by atoms with van der Waals surface area (Å²) in [6.45, 7) is 6.29. The topological polar surface area (TPSA) is 367 Å². The fourth-order valence-corrected chi connectivity index (χ4v) is 9.79. The lowest BCUT2D eigenvalue weighted by atomic mass is 10.1. The molecule has 92 heavy (non-hydrogen) atoms. The maximum atomic E-state index is 15.0. The summed E-state index contributed by atoms with van der Waals surface area (Å²) in [5.74, 6) is -1.99. The summed E-state index contributed by atoms with van der Waals surface area (Å²) in [6.07, 6.45) is -2.28. The maximum Gasteiger partial charge on any atom is 0.335 e. The number of amides is 3. The van der Waals surface area contributed by atoms with Gasteiger partial charge in [0.15, 0.2) is 94.3 Å². The van der Waals surface area contributed by atoms with Crippen LogP contribution in [0.5, 0.6) is 0 Å². The lowest BCUT2D eigenvalue weighted by molar-refractivity contribution is -0.155. The number of hydrogen-bond acceptors (Lipinski definition) is 21. The van der Waals surface area contributed by atoms with Gasteiger partial charge in [0.2, 0.25) is 6.23 Å². The van der Waals surface area contributed by atoms with Crippen molar-refractivity contribution in [3.63, 3.8) is 0 Å². The van der Waals surface area contributed by atoms with Crippen molar-refractivity contribution in [2.75, 3.05) is 60.6 Å². The number of aliphatic carboxylic acids is 1. The molecule has 0 spiro atoms. The second kappa shape index (κ2) is 31.6. The number of halogens is 6.